The second kappa shape index (κ2) is 3.48. The number of nitrogens with zero attached hydrogens (tertiary/aromatic N) is 2. The van der Waals surface area contributed by atoms with Crippen molar-refractivity contribution in [3.63, 3.8) is 0 Å². The minimum Gasteiger partial charge on any atom is -0.292 e. The van der Waals surface area contributed by atoms with E-state index in [2.05, 4.69) is 4.98 Å². The molecule has 5 nitrogen and oxygen atoms in total. The van der Waals surface area contributed by atoms with Crippen molar-refractivity contribution in [2.75, 3.05) is 0 Å². The number of aromatic amines is 1. The molecule has 0 aliphatic rings. The van der Waals surface area contributed by atoms with Crippen molar-refractivity contribution in [2.45, 2.75) is 0 Å². The predicted octanol–water partition coefficient (Wildman–Crippen LogP) is 0.778. The third-order valence-electron chi connectivity index (χ3n) is 2.60. The number of H-pyrrole nitrogens is 1. The fourth-order valence-electron chi connectivity index (χ4n) is 1.81. The number of fused-ring (bicyclic) bond motifs is 1. The normalized spacial score (nSPS) is 10.8. The van der Waals surface area contributed by atoms with Crippen molar-refractivity contribution in [3.8, 4) is 5.69 Å². The first-order valence-electron chi connectivity index (χ1n) is 5.15. The number of benzene rings is 1. The van der Waals surface area contributed by atoms with Crippen molar-refractivity contribution >= 4 is 5.65 Å². The lowest BCUT2D eigenvalue weighted by Crippen LogP contribution is -2.37. The molecule has 0 saturated carbocycles. The molecule has 84 valence electrons. The van der Waals surface area contributed by atoms with E-state index in [9.17, 15) is 9.59 Å². The van der Waals surface area contributed by atoms with Crippen LogP contribution in [0.1, 0.15) is 0 Å². The Bertz CT molecular complexity index is 781. The van der Waals surface area contributed by atoms with Gasteiger partial charge in [-0.25, -0.2) is 14.2 Å². The molecule has 0 aliphatic heterocycles. The summed E-state index contributed by atoms with van der Waals surface area (Å²) in [5.74, 6) is 0. The highest BCUT2D eigenvalue weighted by atomic mass is 16.2. The zero-order valence-corrected chi connectivity index (χ0v) is 8.83. The Labute approximate surface area is 95.6 Å². The molecular formula is C12H9N3O2. The maximum absolute atomic E-state index is 12.1. The van der Waals surface area contributed by atoms with Crippen LogP contribution in [0, 0.1) is 0 Å². The molecule has 0 spiro atoms. The minimum absolute atomic E-state index is 0.375. The first-order valence-corrected chi connectivity index (χ1v) is 5.15. The molecule has 0 radical (unpaired) electrons. The Kier molecular flexibility index (Phi) is 1.98. The highest BCUT2D eigenvalue weighted by Crippen LogP contribution is 2.01. The first-order chi connectivity index (χ1) is 8.27. The Morgan fingerprint density at radius 1 is 0.941 bits per heavy atom. The summed E-state index contributed by atoms with van der Waals surface area (Å²) in [6.45, 7) is 0. The van der Waals surface area contributed by atoms with E-state index in [0.717, 1.165) is 4.57 Å². The van der Waals surface area contributed by atoms with Gasteiger partial charge in [0.1, 0.15) is 5.65 Å². The lowest BCUT2D eigenvalue weighted by Gasteiger charge is -2.04. The van der Waals surface area contributed by atoms with E-state index in [-0.39, 0.29) is 5.69 Å². The maximum atomic E-state index is 12.1. The molecule has 2 aromatic heterocycles. The van der Waals surface area contributed by atoms with Crippen LogP contribution in [0.15, 0.2) is 58.3 Å². The van der Waals surface area contributed by atoms with Crippen LogP contribution in [0.4, 0.5) is 0 Å². The molecule has 0 atom stereocenters. The molecule has 0 saturated heterocycles. The molecule has 0 unspecified atom stereocenters. The van der Waals surface area contributed by atoms with Crippen LogP contribution < -0.4 is 11.4 Å². The van der Waals surface area contributed by atoms with Gasteiger partial charge in [0, 0.05) is 6.20 Å². The van der Waals surface area contributed by atoms with Crippen LogP contribution in [0.2, 0.25) is 0 Å². The van der Waals surface area contributed by atoms with Gasteiger partial charge >= 0.3 is 11.4 Å². The van der Waals surface area contributed by atoms with Crippen molar-refractivity contribution in [3.05, 3.63) is 69.6 Å². The molecule has 3 rings (SSSR count). The number of nitrogens with one attached hydrogen (secondary N) is 1. The van der Waals surface area contributed by atoms with Gasteiger partial charge in [-0.15, -0.1) is 0 Å². The highest BCUT2D eigenvalue weighted by Gasteiger charge is 2.07. The molecule has 0 amide bonds. The van der Waals surface area contributed by atoms with Crippen molar-refractivity contribution in [1.82, 2.24) is 14.0 Å². The van der Waals surface area contributed by atoms with E-state index in [1.165, 1.54) is 4.40 Å². The monoisotopic (exact) mass is 227 g/mol. The Morgan fingerprint density at radius 2 is 1.71 bits per heavy atom. The van der Waals surface area contributed by atoms with Crippen LogP contribution in [0.3, 0.4) is 0 Å². The third kappa shape index (κ3) is 1.40. The lowest BCUT2D eigenvalue weighted by molar-refractivity contribution is 0.801. The standard InChI is InChI=1S/C12H9N3O2/c16-11-13-10-7-4-8-14(10)12(17)15(11)9-5-2-1-3-6-9/h1-8H,(H,13,16). The average Bonchev–Trinajstić information content (AvgIpc) is 2.78. The maximum Gasteiger partial charge on any atom is 0.342 e. The van der Waals surface area contributed by atoms with Gasteiger partial charge in [-0.3, -0.25) is 9.38 Å². The number of rotatable bonds is 1. The van der Waals surface area contributed by atoms with E-state index in [0.29, 0.717) is 11.3 Å². The molecule has 1 N–H and O–H groups in total. The number of hydrogen-bond acceptors (Lipinski definition) is 2. The third-order valence-corrected chi connectivity index (χ3v) is 2.60. The fraction of sp³-hybridized carbons (Fsp3) is 0. The second-order valence-corrected chi connectivity index (χ2v) is 3.65. The van der Waals surface area contributed by atoms with Gasteiger partial charge in [0.15, 0.2) is 0 Å². The SMILES string of the molecule is O=c1[nH]c2cccn2c(=O)n1-c1ccccc1. The summed E-state index contributed by atoms with van der Waals surface area (Å²) in [7, 11) is 0. The zero-order valence-electron chi connectivity index (χ0n) is 8.83. The lowest BCUT2D eigenvalue weighted by atomic mass is 10.3. The van der Waals surface area contributed by atoms with Gasteiger partial charge in [0.2, 0.25) is 0 Å². The van der Waals surface area contributed by atoms with E-state index < -0.39 is 5.69 Å². The van der Waals surface area contributed by atoms with Gasteiger partial charge in [0.05, 0.1) is 5.69 Å². The summed E-state index contributed by atoms with van der Waals surface area (Å²) in [4.78, 5) is 26.6. The van der Waals surface area contributed by atoms with E-state index in [1.807, 2.05) is 6.07 Å². The average molecular weight is 227 g/mol. The molecule has 0 aliphatic carbocycles. The van der Waals surface area contributed by atoms with Crippen LogP contribution in [-0.2, 0) is 0 Å². The van der Waals surface area contributed by atoms with Gasteiger partial charge in [-0.2, -0.15) is 0 Å². The Balaban J connectivity index is 2.45. The Hall–Kier alpha value is -2.56. The van der Waals surface area contributed by atoms with Crippen molar-refractivity contribution in [1.29, 1.82) is 0 Å². The smallest absolute Gasteiger partial charge is 0.292 e. The van der Waals surface area contributed by atoms with Crippen molar-refractivity contribution < 1.29 is 0 Å². The van der Waals surface area contributed by atoms with Gasteiger partial charge in [-0.1, -0.05) is 18.2 Å². The first kappa shape index (κ1) is 9.65. The quantitative estimate of drug-likeness (QED) is 0.667. The Morgan fingerprint density at radius 3 is 2.47 bits per heavy atom. The van der Waals surface area contributed by atoms with Crippen molar-refractivity contribution in [2.24, 2.45) is 0 Å². The summed E-state index contributed by atoms with van der Waals surface area (Å²) in [6.07, 6.45) is 1.62. The minimum atomic E-state index is -0.438. The topological polar surface area (TPSA) is 59.3 Å². The van der Waals surface area contributed by atoms with Crippen LogP contribution >= 0.6 is 0 Å². The molecule has 0 bridgehead atoms. The second-order valence-electron chi connectivity index (χ2n) is 3.65. The number of hydrogen-bond donors (Lipinski definition) is 1. The summed E-state index contributed by atoms with van der Waals surface area (Å²) >= 11 is 0. The number of aromatic nitrogens is 3. The summed E-state index contributed by atoms with van der Waals surface area (Å²) < 4.78 is 2.50. The zero-order chi connectivity index (χ0) is 11.8. The summed E-state index contributed by atoms with van der Waals surface area (Å²) in [5, 5.41) is 0. The highest BCUT2D eigenvalue weighted by molar-refractivity contribution is 5.39. The summed E-state index contributed by atoms with van der Waals surface area (Å²) in [5.41, 5.74) is 0.230. The summed E-state index contributed by atoms with van der Waals surface area (Å²) in [6, 6.07) is 12.2. The van der Waals surface area contributed by atoms with Crippen LogP contribution in [-0.4, -0.2) is 14.0 Å². The van der Waals surface area contributed by atoms with Crippen LogP contribution in [0.25, 0.3) is 11.3 Å². The molecule has 5 heteroatoms. The molecular weight excluding hydrogens is 218 g/mol. The van der Waals surface area contributed by atoms with Gasteiger partial charge in [0.25, 0.3) is 0 Å². The largest absolute Gasteiger partial charge is 0.342 e. The molecule has 1 aromatic carbocycles. The molecule has 3 aromatic rings. The molecule has 0 fully saturated rings. The predicted molar refractivity (Wildman–Crippen MR) is 63.6 cm³/mol. The van der Waals surface area contributed by atoms with E-state index in [4.69, 9.17) is 0 Å². The van der Waals surface area contributed by atoms with Crippen LogP contribution in [0.5, 0.6) is 0 Å². The fourth-order valence-corrected chi connectivity index (χ4v) is 1.81. The van der Waals surface area contributed by atoms with Gasteiger partial charge in [-0.05, 0) is 24.3 Å². The number of para-hydroxylation sites is 1. The molecule has 17 heavy (non-hydrogen) atoms. The van der Waals surface area contributed by atoms with E-state index >= 15 is 0 Å². The van der Waals surface area contributed by atoms with Gasteiger partial charge < -0.3 is 0 Å². The molecule has 2 heterocycles. The van der Waals surface area contributed by atoms with E-state index in [1.54, 1.807) is 42.6 Å².